The van der Waals surface area contributed by atoms with Gasteiger partial charge in [-0.1, -0.05) is 19.1 Å². The van der Waals surface area contributed by atoms with Crippen molar-refractivity contribution in [1.29, 1.82) is 0 Å². The first-order valence-electron chi connectivity index (χ1n) is 4.74. The van der Waals surface area contributed by atoms with Gasteiger partial charge in [0.25, 0.3) is 0 Å². The maximum atomic E-state index is 3.37. The Morgan fingerprint density at radius 1 is 1.33 bits per heavy atom. The van der Waals surface area contributed by atoms with E-state index in [9.17, 15) is 0 Å². The topological polar surface area (TPSA) is 24.1 Å². The zero-order valence-electron chi connectivity index (χ0n) is 7.77. The molecule has 0 radical (unpaired) electrons. The molecule has 2 N–H and O–H groups in total. The quantitative estimate of drug-likeness (QED) is 0.604. The highest BCUT2D eigenvalue weighted by Crippen LogP contribution is 2.05. The summed E-state index contributed by atoms with van der Waals surface area (Å²) in [6, 6.07) is 0. The second-order valence-electron chi connectivity index (χ2n) is 2.92. The van der Waals surface area contributed by atoms with Gasteiger partial charge in [0.15, 0.2) is 0 Å². The molecular formula is C10H18N2. The maximum Gasteiger partial charge on any atom is 0.0296 e. The lowest BCUT2D eigenvalue weighted by Gasteiger charge is -2.09. The number of allylic oxidation sites excluding steroid dienone is 3. The van der Waals surface area contributed by atoms with Crippen molar-refractivity contribution in [3.63, 3.8) is 0 Å². The second-order valence-corrected chi connectivity index (χ2v) is 2.92. The van der Waals surface area contributed by atoms with Crippen LogP contribution < -0.4 is 10.6 Å². The molecule has 1 rings (SSSR count). The van der Waals surface area contributed by atoms with E-state index in [4.69, 9.17) is 0 Å². The van der Waals surface area contributed by atoms with Gasteiger partial charge in [0.1, 0.15) is 0 Å². The van der Waals surface area contributed by atoms with Gasteiger partial charge in [-0.15, -0.1) is 0 Å². The van der Waals surface area contributed by atoms with Gasteiger partial charge < -0.3 is 10.6 Å². The Balaban J connectivity index is 2.06. The van der Waals surface area contributed by atoms with E-state index in [-0.39, 0.29) is 0 Å². The Bertz CT molecular complexity index is 171. The van der Waals surface area contributed by atoms with Crippen molar-refractivity contribution < 1.29 is 0 Å². The van der Waals surface area contributed by atoms with Crippen LogP contribution in [-0.4, -0.2) is 19.6 Å². The molecule has 0 aromatic rings. The van der Waals surface area contributed by atoms with Crippen molar-refractivity contribution in [3.8, 4) is 0 Å². The normalized spacial score (nSPS) is 15.9. The zero-order valence-corrected chi connectivity index (χ0v) is 7.77. The zero-order chi connectivity index (χ0) is 8.65. The summed E-state index contributed by atoms with van der Waals surface area (Å²) >= 11 is 0. The largest absolute Gasteiger partial charge is 0.384 e. The van der Waals surface area contributed by atoms with Gasteiger partial charge in [0, 0.05) is 18.8 Å². The molecule has 0 unspecified atom stereocenters. The van der Waals surface area contributed by atoms with Crippen LogP contribution in [0.25, 0.3) is 0 Å². The van der Waals surface area contributed by atoms with Crippen LogP contribution in [0.15, 0.2) is 23.9 Å². The van der Waals surface area contributed by atoms with Crippen molar-refractivity contribution in [2.75, 3.05) is 19.6 Å². The van der Waals surface area contributed by atoms with E-state index in [0.717, 1.165) is 19.6 Å². The van der Waals surface area contributed by atoms with Gasteiger partial charge in [-0.25, -0.2) is 0 Å². The molecule has 0 saturated heterocycles. The standard InChI is InChI=1S/C10H18N2/c1-2-11-8-9-12-10-6-4-3-5-7-10/h4,6-7,11-12H,2-3,5,8-9H2,1H3. The fourth-order valence-electron chi connectivity index (χ4n) is 1.22. The first-order chi connectivity index (χ1) is 5.93. The average Bonchev–Trinajstić information content (AvgIpc) is 2.14. The van der Waals surface area contributed by atoms with Crippen LogP contribution in [0.2, 0.25) is 0 Å². The Morgan fingerprint density at radius 3 is 2.92 bits per heavy atom. The highest BCUT2D eigenvalue weighted by atomic mass is 14.9. The van der Waals surface area contributed by atoms with Gasteiger partial charge in [0.2, 0.25) is 0 Å². The van der Waals surface area contributed by atoms with Crippen molar-refractivity contribution in [2.45, 2.75) is 19.8 Å². The predicted molar refractivity (Wildman–Crippen MR) is 53.0 cm³/mol. The second kappa shape index (κ2) is 5.84. The average molecular weight is 166 g/mol. The monoisotopic (exact) mass is 166 g/mol. The van der Waals surface area contributed by atoms with Crippen LogP contribution in [0, 0.1) is 0 Å². The van der Waals surface area contributed by atoms with Crippen LogP contribution in [0.3, 0.4) is 0 Å². The smallest absolute Gasteiger partial charge is 0.0296 e. The fourth-order valence-corrected chi connectivity index (χ4v) is 1.22. The fraction of sp³-hybridized carbons (Fsp3) is 0.600. The molecular weight excluding hydrogens is 148 g/mol. The van der Waals surface area contributed by atoms with E-state index in [1.807, 2.05) is 0 Å². The number of hydrogen-bond acceptors (Lipinski definition) is 2. The van der Waals surface area contributed by atoms with Crippen LogP contribution in [-0.2, 0) is 0 Å². The lowest BCUT2D eigenvalue weighted by molar-refractivity contribution is 0.675. The minimum Gasteiger partial charge on any atom is -0.384 e. The third-order valence-electron chi connectivity index (χ3n) is 1.88. The molecule has 0 bridgehead atoms. The molecule has 0 amide bonds. The van der Waals surface area contributed by atoms with Crippen molar-refractivity contribution in [1.82, 2.24) is 10.6 Å². The summed E-state index contributed by atoms with van der Waals surface area (Å²) in [5.74, 6) is 0. The highest BCUT2D eigenvalue weighted by Gasteiger charge is 1.94. The van der Waals surface area contributed by atoms with E-state index in [2.05, 4.69) is 35.8 Å². The summed E-state index contributed by atoms with van der Waals surface area (Å²) in [4.78, 5) is 0. The molecule has 0 spiro atoms. The number of nitrogens with one attached hydrogen (secondary N) is 2. The molecule has 68 valence electrons. The van der Waals surface area contributed by atoms with Gasteiger partial charge in [0.05, 0.1) is 0 Å². The minimum atomic E-state index is 1.02. The molecule has 0 heterocycles. The Labute approximate surface area is 74.7 Å². The van der Waals surface area contributed by atoms with Crippen molar-refractivity contribution >= 4 is 0 Å². The van der Waals surface area contributed by atoms with E-state index in [1.54, 1.807) is 0 Å². The summed E-state index contributed by atoms with van der Waals surface area (Å²) in [5.41, 5.74) is 1.28. The van der Waals surface area contributed by atoms with Gasteiger partial charge >= 0.3 is 0 Å². The molecule has 2 nitrogen and oxygen atoms in total. The molecule has 0 saturated carbocycles. The van der Waals surface area contributed by atoms with Crippen LogP contribution in [0.4, 0.5) is 0 Å². The molecule has 0 fully saturated rings. The van der Waals surface area contributed by atoms with E-state index < -0.39 is 0 Å². The summed E-state index contributed by atoms with van der Waals surface area (Å²) in [7, 11) is 0. The number of likely N-dealkylation sites (N-methyl/N-ethyl adjacent to an activating group) is 1. The molecule has 0 aromatic heterocycles. The minimum absolute atomic E-state index is 1.02. The first kappa shape index (κ1) is 9.33. The first-order valence-corrected chi connectivity index (χ1v) is 4.74. The molecule has 0 aromatic carbocycles. The predicted octanol–water partition coefficient (Wildman–Crippen LogP) is 1.42. The summed E-state index contributed by atoms with van der Waals surface area (Å²) in [5, 5.41) is 6.64. The lowest BCUT2D eigenvalue weighted by atomic mass is 10.1. The van der Waals surface area contributed by atoms with E-state index in [1.165, 1.54) is 18.5 Å². The molecule has 12 heavy (non-hydrogen) atoms. The molecule has 0 aliphatic heterocycles. The Morgan fingerprint density at radius 2 is 2.25 bits per heavy atom. The van der Waals surface area contributed by atoms with Gasteiger partial charge in [-0.05, 0) is 25.5 Å². The number of hydrogen-bond donors (Lipinski definition) is 2. The van der Waals surface area contributed by atoms with Crippen molar-refractivity contribution in [2.24, 2.45) is 0 Å². The third kappa shape index (κ3) is 3.58. The Kier molecular flexibility index (Phi) is 4.54. The molecule has 1 aliphatic carbocycles. The van der Waals surface area contributed by atoms with E-state index in [0.29, 0.717) is 0 Å². The maximum absolute atomic E-state index is 3.37. The highest BCUT2D eigenvalue weighted by molar-refractivity contribution is 5.20. The van der Waals surface area contributed by atoms with Crippen molar-refractivity contribution in [3.05, 3.63) is 23.9 Å². The summed E-state index contributed by atoms with van der Waals surface area (Å²) in [6.07, 6.45) is 9.01. The Hall–Kier alpha value is -0.760. The van der Waals surface area contributed by atoms with Crippen LogP contribution >= 0.6 is 0 Å². The third-order valence-corrected chi connectivity index (χ3v) is 1.88. The SMILES string of the molecule is CCNCCNC1=CCCC=C1. The van der Waals surface area contributed by atoms with Crippen LogP contribution in [0.1, 0.15) is 19.8 Å². The van der Waals surface area contributed by atoms with Crippen LogP contribution in [0.5, 0.6) is 0 Å². The molecule has 1 aliphatic rings. The van der Waals surface area contributed by atoms with Gasteiger partial charge in [-0.3, -0.25) is 0 Å². The molecule has 2 heteroatoms. The van der Waals surface area contributed by atoms with Gasteiger partial charge in [-0.2, -0.15) is 0 Å². The summed E-state index contributed by atoms with van der Waals surface area (Å²) in [6.45, 7) is 5.24. The summed E-state index contributed by atoms with van der Waals surface area (Å²) < 4.78 is 0. The lowest BCUT2D eigenvalue weighted by Crippen LogP contribution is -2.26. The molecule has 0 atom stereocenters. The van der Waals surface area contributed by atoms with E-state index >= 15 is 0 Å². The number of rotatable bonds is 5.